The minimum atomic E-state index is -3.50. The van der Waals surface area contributed by atoms with Crippen LogP contribution >= 0.6 is 0 Å². The fourth-order valence-electron chi connectivity index (χ4n) is 1.17. The number of nitrogens with two attached hydrogens (primary N) is 1. The maximum atomic E-state index is 11.6. The van der Waals surface area contributed by atoms with Crippen molar-refractivity contribution in [1.29, 1.82) is 0 Å². The lowest BCUT2D eigenvalue weighted by Crippen LogP contribution is -2.24. The summed E-state index contributed by atoms with van der Waals surface area (Å²) in [6.45, 7) is 2.03. The lowest BCUT2D eigenvalue weighted by molar-refractivity contribution is 0.414. The van der Waals surface area contributed by atoms with Crippen molar-refractivity contribution in [3.05, 3.63) is 18.2 Å². The molecule has 0 spiro atoms. The number of anilines is 1. The van der Waals surface area contributed by atoms with Gasteiger partial charge in [0.25, 0.3) is 0 Å². The molecule has 0 heterocycles. The van der Waals surface area contributed by atoms with E-state index in [1.807, 2.05) is 0 Å². The molecule has 0 radical (unpaired) electrons. The zero-order chi connectivity index (χ0) is 11.5. The highest BCUT2D eigenvalue weighted by molar-refractivity contribution is 7.89. The third-order valence-electron chi connectivity index (χ3n) is 1.84. The van der Waals surface area contributed by atoms with Crippen LogP contribution in [-0.2, 0) is 10.0 Å². The van der Waals surface area contributed by atoms with Gasteiger partial charge in [0.15, 0.2) is 0 Å². The Balaban J connectivity index is 3.16. The minimum Gasteiger partial charge on any atom is -0.497 e. The van der Waals surface area contributed by atoms with Crippen molar-refractivity contribution in [2.75, 3.05) is 19.4 Å². The van der Waals surface area contributed by atoms with E-state index in [1.54, 1.807) is 13.0 Å². The molecule has 5 nitrogen and oxygen atoms in total. The molecule has 1 rings (SSSR count). The Morgan fingerprint density at radius 2 is 2.13 bits per heavy atom. The number of benzene rings is 1. The van der Waals surface area contributed by atoms with Crippen LogP contribution in [0.15, 0.2) is 23.1 Å². The Labute approximate surface area is 89.3 Å². The smallest absolute Gasteiger partial charge is 0.242 e. The zero-order valence-corrected chi connectivity index (χ0v) is 9.47. The molecule has 1 aromatic rings. The van der Waals surface area contributed by atoms with Crippen LogP contribution in [-0.4, -0.2) is 22.1 Å². The van der Waals surface area contributed by atoms with Crippen molar-refractivity contribution in [3.63, 3.8) is 0 Å². The van der Waals surface area contributed by atoms with Crippen LogP contribution in [0.1, 0.15) is 6.92 Å². The van der Waals surface area contributed by atoms with Crippen LogP contribution in [0.3, 0.4) is 0 Å². The number of nitrogens with one attached hydrogen (secondary N) is 1. The van der Waals surface area contributed by atoms with E-state index in [1.165, 1.54) is 19.2 Å². The monoisotopic (exact) mass is 230 g/mol. The number of hydrogen-bond acceptors (Lipinski definition) is 4. The van der Waals surface area contributed by atoms with E-state index in [9.17, 15) is 8.42 Å². The molecule has 6 heteroatoms. The Morgan fingerprint density at radius 3 is 2.60 bits per heavy atom. The fourth-order valence-corrected chi connectivity index (χ4v) is 2.32. The lowest BCUT2D eigenvalue weighted by atomic mass is 10.3. The molecule has 0 amide bonds. The average molecular weight is 230 g/mol. The van der Waals surface area contributed by atoms with Gasteiger partial charge in [0.2, 0.25) is 10.0 Å². The summed E-state index contributed by atoms with van der Waals surface area (Å²) in [7, 11) is -2.00. The van der Waals surface area contributed by atoms with Crippen molar-refractivity contribution in [2.24, 2.45) is 0 Å². The first-order valence-corrected chi connectivity index (χ1v) is 5.92. The Kier molecular flexibility index (Phi) is 3.54. The van der Waals surface area contributed by atoms with Crippen LogP contribution in [0.25, 0.3) is 0 Å². The lowest BCUT2D eigenvalue weighted by Gasteiger charge is -2.08. The molecule has 0 atom stereocenters. The largest absolute Gasteiger partial charge is 0.497 e. The van der Waals surface area contributed by atoms with Gasteiger partial charge in [-0.2, -0.15) is 0 Å². The number of rotatable bonds is 4. The van der Waals surface area contributed by atoms with Crippen LogP contribution in [0.5, 0.6) is 5.75 Å². The van der Waals surface area contributed by atoms with E-state index in [0.29, 0.717) is 12.3 Å². The summed E-state index contributed by atoms with van der Waals surface area (Å²) in [6.07, 6.45) is 0. The quantitative estimate of drug-likeness (QED) is 0.741. The number of hydrogen-bond donors (Lipinski definition) is 2. The molecule has 0 bridgehead atoms. The van der Waals surface area contributed by atoms with Gasteiger partial charge in [0.1, 0.15) is 10.6 Å². The molecule has 1 aromatic carbocycles. The first-order valence-electron chi connectivity index (χ1n) is 4.44. The zero-order valence-electron chi connectivity index (χ0n) is 8.65. The van der Waals surface area contributed by atoms with E-state index < -0.39 is 10.0 Å². The molecular weight excluding hydrogens is 216 g/mol. The van der Waals surface area contributed by atoms with Crippen LogP contribution in [0.2, 0.25) is 0 Å². The molecule has 0 aliphatic carbocycles. The van der Waals surface area contributed by atoms with Crippen molar-refractivity contribution in [1.82, 2.24) is 4.72 Å². The van der Waals surface area contributed by atoms with Gasteiger partial charge in [-0.15, -0.1) is 0 Å². The topological polar surface area (TPSA) is 81.4 Å². The maximum absolute atomic E-state index is 11.6. The number of methoxy groups -OCH3 is 1. The predicted molar refractivity (Wildman–Crippen MR) is 58.3 cm³/mol. The molecule has 3 N–H and O–H groups in total. The van der Waals surface area contributed by atoms with Crippen molar-refractivity contribution in [2.45, 2.75) is 11.8 Å². The maximum Gasteiger partial charge on any atom is 0.242 e. The summed E-state index contributed by atoms with van der Waals surface area (Å²) in [4.78, 5) is 0.0742. The van der Waals surface area contributed by atoms with Crippen LogP contribution < -0.4 is 15.2 Å². The van der Waals surface area contributed by atoms with Gasteiger partial charge in [0.05, 0.1) is 12.8 Å². The highest BCUT2D eigenvalue weighted by Gasteiger charge is 2.16. The van der Waals surface area contributed by atoms with Crippen LogP contribution in [0, 0.1) is 0 Å². The summed E-state index contributed by atoms with van der Waals surface area (Å²) >= 11 is 0. The number of sulfonamides is 1. The summed E-state index contributed by atoms with van der Waals surface area (Å²) in [5.41, 5.74) is 5.79. The second-order valence-electron chi connectivity index (χ2n) is 2.91. The third kappa shape index (κ3) is 2.60. The fraction of sp³-hybridized carbons (Fsp3) is 0.333. The average Bonchev–Trinajstić information content (AvgIpc) is 2.17. The molecule has 0 aliphatic heterocycles. The second kappa shape index (κ2) is 4.50. The van der Waals surface area contributed by atoms with Gasteiger partial charge in [-0.3, -0.25) is 0 Å². The summed E-state index contributed by atoms with van der Waals surface area (Å²) in [6, 6.07) is 4.46. The second-order valence-corrected chi connectivity index (χ2v) is 4.64. The molecule has 15 heavy (non-hydrogen) atoms. The molecule has 0 aliphatic rings. The van der Waals surface area contributed by atoms with Gasteiger partial charge < -0.3 is 10.5 Å². The minimum absolute atomic E-state index is 0.0742. The molecule has 0 fully saturated rings. The first kappa shape index (κ1) is 11.8. The van der Waals surface area contributed by atoms with Crippen molar-refractivity contribution in [3.8, 4) is 5.75 Å². The molecular formula is C9H14N2O3S. The van der Waals surface area contributed by atoms with Gasteiger partial charge in [-0.05, 0) is 12.1 Å². The SMILES string of the molecule is CCNS(=O)(=O)c1ccc(OC)cc1N. The number of nitrogen functional groups attached to an aromatic ring is 1. The standard InChI is InChI=1S/C9H14N2O3S/c1-3-11-15(12,13)9-5-4-7(14-2)6-8(9)10/h4-6,11H,3,10H2,1-2H3. The molecule has 0 saturated heterocycles. The van der Waals surface area contributed by atoms with Gasteiger partial charge in [-0.1, -0.05) is 6.92 Å². The van der Waals surface area contributed by atoms with Crippen molar-refractivity contribution >= 4 is 15.7 Å². The molecule has 84 valence electrons. The summed E-state index contributed by atoms with van der Waals surface area (Å²) in [5, 5.41) is 0. The van der Waals surface area contributed by atoms with Gasteiger partial charge in [-0.25, -0.2) is 13.1 Å². The normalized spacial score (nSPS) is 11.3. The summed E-state index contributed by atoms with van der Waals surface area (Å²) < 4.78 is 30.5. The Bertz CT molecular complexity index is 443. The highest BCUT2D eigenvalue weighted by Crippen LogP contribution is 2.23. The molecule has 0 unspecified atom stereocenters. The van der Waals surface area contributed by atoms with Crippen molar-refractivity contribution < 1.29 is 13.2 Å². The van der Waals surface area contributed by atoms with Gasteiger partial charge >= 0.3 is 0 Å². The van der Waals surface area contributed by atoms with E-state index in [-0.39, 0.29) is 10.6 Å². The predicted octanol–water partition coefficient (Wildman–Crippen LogP) is 0.576. The Hall–Kier alpha value is -1.27. The summed E-state index contributed by atoms with van der Waals surface area (Å²) in [5.74, 6) is 0.531. The first-order chi connectivity index (χ1) is 7.01. The van der Waals surface area contributed by atoms with Gasteiger partial charge in [0, 0.05) is 12.6 Å². The van der Waals surface area contributed by atoms with E-state index >= 15 is 0 Å². The van der Waals surface area contributed by atoms with E-state index in [2.05, 4.69) is 4.72 Å². The Morgan fingerprint density at radius 1 is 1.47 bits per heavy atom. The van der Waals surface area contributed by atoms with Crippen LogP contribution in [0.4, 0.5) is 5.69 Å². The number of ether oxygens (including phenoxy) is 1. The molecule has 0 saturated carbocycles. The highest BCUT2D eigenvalue weighted by atomic mass is 32.2. The van der Waals surface area contributed by atoms with E-state index in [0.717, 1.165) is 0 Å². The van der Waals surface area contributed by atoms with E-state index in [4.69, 9.17) is 10.5 Å². The molecule has 0 aromatic heterocycles. The third-order valence-corrected chi connectivity index (χ3v) is 3.46.